The minimum Gasteiger partial charge on any atom is -0.290 e. The van der Waals surface area contributed by atoms with Crippen LogP contribution in [0.3, 0.4) is 0 Å². The van der Waals surface area contributed by atoms with Gasteiger partial charge in [0.25, 0.3) is 0 Å². The summed E-state index contributed by atoms with van der Waals surface area (Å²) in [6.45, 7) is 13.1. The van der Waals surface area contributed by atoms with Gasteiger partial charge in [-0.05, 0) is 53.7 Å². The Morgan fingerprint density at radius 1 is 0.812 bits per heavy atom. The molecule has 0 aromatic heterocycles. The molecular weight excluding hydrogens is 198 g/mol. The molecule has 0 heterocycles. The Hall–Kier alpha value is -1.18. The number of hydrogen-bond acceptors (Lipinski definition) is 1. The van der Waals surface area contributed by atoms with Crippen LogP contribution in [0.1, 0.15) is 41.5 Å². The van der Waals surface area contributed by atoms with Gasteiger partial charge >= 0.3 is 0 Å². The molecule has 0 bridgehead atoms. The van der Waals surface area contributed by atoms with Crippen molar-refractivity contribution < 1.29 is 9.37 Å². The normalized spacial score (nSPS) is 16.9. The predicted octanol–water partition coefficient (Wildman–Crippen LogP) is 2.73. The third-order valence-corrected chi connectivity index (χ3v) is 2.44. The van der Waals surface area contributed by atoms with E-state index in [1.165, 1.54) is 0 Å². The van der Waals surface area contributed by atoms with E-state index in [2.05, 4.69) is 46.1 Å². The lowest BCUT2D eigenvalue weighted by Gasteiger charge is -2.30. The highest BCUT2D eigenvalue weighted by Gasteiger charge is 2.37. The van der Waals surface area contributed by atoms with Gasteiger partial charge < -0.3 is 0 Å². The molecular formula is C14H22NO+. The number of allylic oxidation sites excluding steroid dienone is 4. The fourth-order valence-electron chi connectivity index (χ4n) is 2.38. The van der Waals surface area contributed by atoms with Gasteiger partial charge in [0.1, 0.15) is 0 Å². The zero-order valence-electron chi connectivity index (χ0n) is 11.2. The maximum Gasteiger partial charge on any atom is 0.201 e. The smallest absolute Gasteiger partial charge is 0.201 e. The lowest BCUT2D eigenvalue weighted by atomic mass is 9.96. The molecule has 0 N–H and O–H groups in total. The first-order valence-electron chi connectivity index (χ1n) is 5.70. The van der Waals surface area contributed by atoms with Crippen LogP contribution in [0.15, 0.2) is 24.3 Å². The molecule has 2 heteroatoms. The van der Waals surface area contributed by atoms with Crippen molar-refractivity contribution in [2.75, 3.05) is 0 Å². The Balaban J connectivity index is 3.33. The number of nitrogens with zero attached hydrogens (tertiary/aromatic N) is 1. The molecule has 0 atom stereocenters. The van der Waals surface area contributed by atoms with Gasteiger partial charge in [0, 0.05) is 12.2 Å². The molecule has 0 saturated carbocycles. The first-order chi connectivity index (χ1) is 7.12. The second kappa shape index (κ2) is 4.00. The first kappa shape index (κ1) is 12.9. The number of ketones is 1. The second-order valence-electron chi connectivity index (χ2n) is 6.17. The summed E-state index contributed by atoms with van der Waals surface area (Å²) in [5, 5.41) is 0. The van der Waals surface area contributed by atoms with E-state index >= 15 is 0 Å². The van der Waals surface area contributed by atoms with Gasteiger partial charge in [0.15, 0.2) is 16.9 Å². The lowest BCUT2D eigenvalue weighted by Crippen LogP contribution is -2.48. The van der Waals surface area contributed by atoms with E-state index < -0.39 is 0 Å². The minimum atomic E-state index is 0.0304. The Kier molecular flexibility index (Phi) is 3.22. The number of hydrogen-bond donors (Lipinski definition) is 0. The molecule has 0 aliphatic heterocycles. The molecule has 1 rings (SSSR count). The zero-order valence-corrected chi connectivity index (χ0v) is 11.2. The molecule has 2 nitrogen and oxygen atoms in total. The molecule has 0 amide bonds. The van der Waals surface area contributed by atoms with Crippen LogP contribution in [0.25, 0.3) is 0 Å². The highest BCUT2D eigenvalue weighted by Crippen LogP contribution is 2.20. The Bertz CT molecular complexity index is 350. The quantitative estimate of drug-likeness (QED) is 0.454. The third-order valence-electron chi connectivity index (χ3n) is 2.44. The van der Waals surface area contributed by atoms with E-state index in [9.17, 15) is 4.79 Å². The van der Waals surface area contributed by atoms with Gasteiger partial charge in [-0.25, -0.2) is 4.58 Å². The van der Waals surface area contributed by atoms with Crippen molar-refractivity contribution in [3.05, 3.63) is 24.3 Å². The molecule has 88 valence electrons. The lowest BCUT2D eigenvalue weighted by molar-refractivity contribution is -0.655. The Morgan fingerprint density at radius 3 is 1.50 bits per heavy atom. The van der Waals surface area contributed by atoms with Gasteiger partial charge in [-0.2, -0.15) is 0 Å². The number of carbonyl (C=O) groups excluding carboxylic acids is 1. The maximum absolute atomic E-state index is 11.1. The van der Waals surface area contributed by atoms with Crippen LogP contribution < -0.4 is 0 Å². The van der Waals surface area contributed by atoms with Gasteiger partial charge in [-0.3, -0.25) is 4.79 Å². The second-order valence-corrected chi connectivity index (χ2v) is 6.17. The largest absolute Gasteiger partial charge is 0.290 e. The van der Waals surface area contributed by atoms with Crippen LogP contribution in [-0.4, -0.2) is 27.1 Å². The highest BCUT2D eigenvalue weighted by molar-refractivity contribution is 6.14. The molecule has 0 radical (unpaired) electrons. The molecule has 1 aliphatic carbocycles. The summed E-state index contributed by atoms with van der Waals surface area (Å²) in [5.41, 5.74) is 1.16. The fourth-order valence-corrected chi connectivity index (χ4v) is 2.38. The summed E-state index contributed by atoms with van der Waals surface area (Å²) in [6, 6.07) is 0. The van der Waals surface area contributed by atoms with Crippen molar-refractivity contribution in [3.8, 4) is 0 Å². The first-order valence-corrected chi connectivity index (χ1v) is 5.70. The number of carbonyl (C=O) groups is 1. The monoisotopic (exact) mass is 220 g/mol. The van der Waals surface area contributed by atoms with E-state index in [0.29, 0.717) is 0 Å². The van der Waals surface area contributed by atoms with E-state index in [0.717, 1.165) is 5.71 Å². The van der Waals surface area contributed by atoms with Crippen LogP contribution in [0, 0.1) is 0 Å². The molecule has 0 unspecified atom stereocenters. The third kappa shape index (κ3) is 2.91. The summed E-state index contributed by atoms with van der Waals surface area (Å²) in [6.07, 6.45) is 7.05. The van der Waals surface area contributed by atoms with E-state index in [1.54, 1.807) is 12.2 Å². The van der Waals surface area contributed by atoms with Gasteiger partial charge in [0.2, 0.25) is 5.71 Å². The summed E-state index contributed by atoms with van der Waals surface area (Å²) in [7, 11) is 0. The van der Waals surface area contributed by atoms with Crippen LogP contribution in [0.5, 0.6) is 0 Å². The predicted molar refractivity (Wildman–Crippen MR) is 68.1 cm³/mol. The van der Waals surface area contributed by atoms with Crippen LogP contribution in [-0.2, 0) is 4.79 Å². The SMILES string of the molecule is CC(C)(C)[N+](=C1C=CC(=O)C=C1)C(C)(C)C. The van der Waals surface area contributed by atoms with E-state index in [4.69, 9.17) is 0 Å². The Labute approximate surface area is 98.4 Å². The van der Waals surface area contributed by atoms with Gasteiger partial charge in [0.05, 0.1) is 0 Å². The maximum atomic E-state index is 11.1. The van der Waals surface area contributed by atoms with Crippen molar-refractivity contribution in [2.45, 2.75) is 52.6 Å². The Morgan fingerprint density at radius 2 is 1.19 bits per heavy atom. The highest BCUT2D eigenvalue weighted by atomic mass is 16.1. The van der Waals surface area contributed by atoms with Crippen molar-refractivity contribution in [2.24, 2.45) is 0 Å². The van der Waals surface area contributed by atoms with Crippen LogP contribution >= 0.6 is 0 Å². The summed E-state index contributed by atoms with van der Waals surface area (Å²) >= 11 is 0. The number of rotatable bonds is 0. The van der Waals surface area contributed by atoms with Crippen molar-refractivity contribution >= 4 is 11.5 Å². The van der Waals surface area contributed by atoms with Crippen molar-refractivity contribution in [1.82, 2.24) is 0 Å². The molecule has 0 saturated heterocycles. The summed E-state index contributed by atoms with van der Waals surface area (Å²) in [5.74, 6) is 0.0616. The topological polar surface area (TPSA) is 20.1 Å². The van der Waals surface area contributed by atoms with Gasteiger partial charge in [-0.15, -0.1) is 0 Å². The fraction of sp³-hybridized carbons (Fsp3) is 0.571. The summed E-state index contributed by atoms with van der Waals surface area (Å²) in [4.78, 5) is 11.1. The minimum absolute atomic E-state index is 0.0304. The average molecular weight is 220 g/mol. The van der Waals surface area contributed by atoms with Crippen LogP contribution in [0.4, 0.5) is 0 Å². The molecule has 0 aromatic carbocycles. The standard InChI is InChI=1S/C14H22NO/c1-13(2,3)15(14(4,5)6)11-7-9-12(16)10-8-11/h7-10H,1-6H3/q+1. The average Bonchev–Trinajstić information content (AvgIpc) is 2.03. The summed E-state index contributed by atoms with van der Waals surface area (Å²) < 4.78 is 2.33. The van der Waals surface area contributed by atoms with E-state index in [-0.39, 0.29) is 16.9 Å². The molecule has 1 aliphatic rings. The van der Waals surface area contributed by atoms with Gasteiger partial charge in [-0.1, -0.05) is 0 Å². The molecule has 16 heavy (non-hydrogen) atoms. The van der Waals surface area contributed by atoms with E-state index in [1.807, 2.05) is 12.2 Å². The van der Waals surface area contributed by atoms with Crippen molar-refractivity contribution in [1.29, 1.82) is 0 Å². The molecule has 0 aromatic rings. The zero-order chi connectivity index (χ0) is 12.6. The molecule has 0 fully saturated rings. The van der Waals surface area contributed by atoms with Crippen LogP contribution in [0.2, 0.25) is 0 Å². The molecule has 0 spiro atoms. The van der Waals surface area contributed by atoms with Crippen molar-refractivity contribution in [3.63, 3.8) is 0 Å².